The molecule has 0 spiro atoms. The van der Waals surface area contributed by atoms with Crippen LogP contribution in [0.4, 0.5) is 13.2 Å². The van der Waals surface area contributed by atoms with Crippen molar-refractivity contribution in [3.63, 3.8) is 0 Å². The Morgan fingerprint density at radius 1 is 0.946 bits per heavy atom. The van der Waals surface area contributed by atoms with E-state index in [9.17, 15) is 18.0 Å². The summed E-state index contributed by atoms with van der Waals surface area (Å²) in [6.07, 6.45) is -2.24. The van der Waals surface area contributed by atoms with Gasteiger partial charge in [0.05, 0.1) is 28.8 Å². The number of carbonyl (C=O) groups is 1. The van der Waals surface area contributed by atoms with Gasteiger partial charge in [-0.05, 0) is 67.7 Å². The normalized spacial score (nSPS) is 11.3. The molecule has 4 aromatic rings. The first-order valence-electron chi connectivity index (χ1n) is 11.2. The van der Waals surface area contributed by atoms with E-state index < -0.39 is 11.7 Å². The van der Waals surface area contributed by atoms with Crippen molar-refractivity contribution in [1.29, 1.82) is 0 Å². The number of carbonyl (C=O) groups excluding carboxylic acids is 1. The van der Waals surface area contributed by atoms with Gasteiger partial charge in [0.1, 0.15) is 0 Å². The fraction of sp³-hybridized carbons (Fsp3) is 0.185. The number of amides is 1. The number of halogens is 5. The minimum absolute atomic E-state index is 0. The summed E-state index contributed by atoms with van der Waals surface area (Å²) in [6, 6.07) is 18.1. The standard InChI is InChI=1S/C27H24ClF3N4O.ClH/c1-34(2)16-15-33-26(36)20-5-3-18(4-6-20)23-11-12-24(19-7-9-21(28)10-8-19)35(23)25-17-32-14-13-22(25)27(29,30)31;/h3-14,17H,15-16H2,1-2H3,(H,33,36);1H. The molecule has 5 nitrogen and oxygen atoms in total. The average molecular weight is 549 g/mol. The summed E-state index contributed by atoms with van der Waals surface area (Å²) in [6.45, 7) is 1.21. The third kappa shape index (κ3) is 6.52. The minimum Gasteiger partial charge on any atom is -0.351 e. The zero-order chi connectivity index (χ0) is 25.9. The van der Waals surface area contributed by atoms with E-state index in [-0.39, 0.29) is 24.0 Å². The number of nitrogens with one attached hydrogen (secondary N) is 1. The molecule has 2 aromatic carbocycles. The molecule has 2 heterocycles. The van der Waals surface area contributed by atoms with Gasteiger partial charge in [-0.2, -0.15) is 13.2 Å². The van der Waals surface area contributed by atoms with Gasteiger partial charge in [0, 0.05) is 29.9 Å². The molecule has 0 radical (unpaired) electrons. The fourth-order valence-electron chi connectivity index (χ4n) is 3.86. The van der Waals surface area contributed by atoms with Crippen molar-refractivity contribution >= 4 is 29.9 Å². The van der Waals surface area contributed by atoms with Crippen LogP contribution in [0.5, 0.6) is 0 Å². The molecule has 10 heteroatoms. The lowest BCUT2D eigenvalue weighted by atomic mass is 10.1. The van der Waals surface area contributed by atoms with Crippen molar-refractivity contribution in [2.45, 2.75) is 6.18 Å². The highest BCUT2D eigenvalue weighted by molar-refractivity contribution is 6.30. The van der Waals surface area contributed by atoms with E-state index in [4.69, 9.17) is 11.6 Å². The van der Waals surface area contributed by atoms with E-state index in [0.717, 1.165) is 12.3 Å². The van der Waals surface area contributed by atoms with Gasteiger partial charge in [-0.25, -0.2) is 0 Å². The Balaban J connectivity index is 0.00000380. The molecular weight excluding hydrogens is 524 g/mol. The van der Waals surface area contributed by atoms with Gasteiger partial charge in [-0.15, -0.1) is 12.4 Å². The van der Waals surface area contributed by atoms with E-state index in [1.54, 1.807) is 60.7 Å². The first kappa shape index (κ1) is 28.2. The average Bonchev–Trinajstić information content (AvgIpc) is 3.29. The van der Waals surface area contributed by atoms with Crippen LogP contribution in [-0.2, 0) is 6.18 Å². The summed E-state index contributed by atoms with van der Waals surface area (Å²) < 4.78 is 43.4. The number of alkyl halides is 3. The minimum atomic E-state index is -4.58. The Kier molecular flexibility index (Phi) is 9.02. The van der Waals surface area contributed by atoms with Gasteiger partial charge in [-0.3, -0.25) is 9.78 Å². The number of aromatic nitrogens is 2. The first-order valence-corrected chi connectivity index (χ1v) is 11.6. The first-order chi connectivity index (χ1) is 17.1. The van der Waals surface area contributed by atoms with E-state index in [1.807, 2.05) is 19.0 Å². The lowest BCUT2D eigenvalue weighted by Crippen LogP contribution is -2.31. The molecule has 0 fully saturated rings. The van der Waals surface area contributed by atoms with Crippen molar-refractivity contribution in [3.05, 3.63) is 95.3 Å². The van der Waals surface area contributed by atoms with Crippen molar-refractivity contribution < 1.29 is 18.0 Å². The van der Waals surface area contributed by atoms with E-state index in [0.29, 0.717) is 46.2 Å². The largest absolute Gasteiger partial charge is 0.418 e. The SMILES string of the molecule is CN(C)CCNC(=O)c1ccc(-c2ccc(-c3ccc(Cl)cc3)n2-c2cnccc2C(F)(F)F)cc1.Cl. The Labute approximate surface area is 224 Å². The number of likely N-dealkylation sites (N-methyl/N-ethyl adjacent to an activating group) is 1. The lowest BCUT2D eigenvalue weighted by molar-refractivity contribution is -0.137. The number of rotatable bonds is 7. The maximum absolute atomic E-state index is 13.9. The zero-order valence-corrected chi connectivity index (χ0v) is 21.7. The Morgan fingerprint density at radius 2 is 1.51 bits per heavy atom. The second-order valence-electron chi connectivity index (χ2n) is 8.47. The second-order valence-corrected chi connectivity index (χ2v) is 8.91. The molecule has 0 saturated heterocycles. The molecule has 37 heavy (non-hydrogen) atoms. The number of nitrogens with zero attached hydrogens (tertiary/aromatic N) is 3. The van der Waals surface area contributed by atoms with Gasteiger partial charge in [0.15, 0.2) is 0 Å². The Morgan fingerprint density at radius 3 is 2.05 bits per heavy atom. The maximum Gasteiger partial charge on any atom is 0.418 e. The summed E-state index contributed by atoms with van der Waals surface area (Å²) in [5.41, 5.74) is 1.98. The molecular formula is C27H25Cl2F3N4O. The van der Waals surface area contributed by atoms with E-state index >= 15 is 0 Å². The van der Waals surface area contributed by atoms with Crippen LogP contribution < -0.4 is 5.32 Å². The van der Waals surface area contributed by atoms with Crippen LogP contribution in [0.2, 0.25) is 5.02 Å². The van der Waals surface area contributed by atoms with Crippen LogP contribution in [-0.4, -0.2) is 47.5 Å². The third-order valence-electron chi connectivity index (χ3n) is 5.65. The number of hydrogen-bond donors (Lipinski definition) is 1. The summed E-state index contributed by atoms with van der Waals surface area (Å²) in [5, 5.41) is 3.37. The van der Waals surface area contributed by atoms with Crippen LogP contribution in [0.15, 0.2) is 79.1 Å². The summed E-state index contributed by atoms with van der Waals surface area (Å²) in [5.74, 6) is -0.216. The highest BCUT2D eigenvalue weighted by Gasteiger charge is 2.35. The smallest absolute Gasteiger partial charge is 0.351 e. The van der Waals surface area contributed by atoms with Crippen molar-refractivity contribution in [1.82, 2.24) is 19.8 Å². The summed E-state index contributed by atoms with van der Waals surface area (Å²) >= 11 is 6.03. The quantitative estimate of drug-likeness (QED) is 0.283. The molecule has 0 aliphatic heterocycles. The lowest BCUT2D eigenvalue weighted by Gasteiger charge is -2.19. The van der Waals surface area contributed by atoms with Crippen LogP contribution in [0.25, 0.3) is 28.2 Å². The van der Waals surface area contributed by atoms with Crippen LogP contribution in [0.1, 0.15) is 15.9 Å². The van der Waals surface area contributed by atoms with Crippen molar-refractivity contribution in [3.8, 4) is 28.2 Å². The number of hydrogen-bond acceptors (Lipinski definition) is 3. The summed E-state index contributed by atoms with van der Waals surface area (Å²) in [7, 11) is 3.83. The highest BCUT2D eigenvalue weighted by atomic mass is 35.5. The summed E-state index contributed by atoms with van der Waals surface area (Å²) in [4.78, 5) is 18.4. The molecule has 0 saturated carbocycles. The molecule has 4 rings (SSSR count). The van der Waals surface area contributed by atoms with Crippen LogP contribution in [0.3, 0.4) is 0 Å². The molecule has 0 unspecified atom stereocenters. The molecule has 1 amide bonds. The van der Waals surface area contributed by atoms with Crippen LogP contribution >= 0.6 is 24.0 Å². The van der Waals surface area contributed by atoms with E-state index in [1.165, 1.54) is 10.8 Å². The molecule has 0 aliphatic carbocycles. The fourth-order valence-corrected chi connectivity index (χ4v) is 3.99. The van der Waals surface area contributed by atoms with Crippen molar-refractivity contribution in [2.24, 2.45) is 0 Å². The maximum atomic E-state index is 13.9. The number of benzene rings is 2. The number of pyridine rings is 1. The van der Waals surface area contributed by atoms with Crippen LogP contribution in [0, 0.1) is 0 Å². The molecule has 0 aliphatic rings. The zero-order valence-electron chi connectivity index (χ0n) is 20.1. The predicted octanol–water partition coefficient (Wildman–Crippen LogP) is 6.59. The van der Waals surface area contributed by atoms with Gasteiger partial charge >= 0.3 is 6.18 Å². The Hall–Kier alpha value is -3.33. The molecule has 1 N–H and O–H groups in total. The molecule has 0 atom stereocenters. The van der Waals surface area contributed by atoms with Gasteiger partial charge in [0.2, 0.25) is 0 Å². The predicted molar refractivity (Wildman–Crippen MR) is 143 cm³/mol. The monoisotopic (exact) mass is 548 g/mol. The molecule has 2 aromatic heterocycles. The van der Waals surface area contributed by atoms with E-state index in [2.05, 4.69) is 10.3 Å². The van der Waals surface area contributed by atoms with Crippen molar-refractivity contribution in [2.75, 3.05) is 27.2 Å². The van der Waals surface area contributed by atoms with Gasteiger partial charge in [-0.1, -0.05) is 35.9 Å². The third-order valence-corrected chi connectivity index (χ3v) is 5.91. The molecule has 0 bridgehead atoms. The second kappa shape index (κ2) is 11.8. The van der Waals surface area contributed by atoms with Gasteiger partial charge < -0.3 is 14.8 Å². The topological polar surface area (TPSA) is 50.2 Å². The highest BCUT2D eigenvalue weighted by Crippen LogP contribution is 2.39. The van der Waals surface area contributed by atoms with Gasteiger partial charge in [0.25, 0.3) is 5.91 Å². The Bertz CT molecular complexity index is 1350. The molecule has 194 valence electrons.